The van der Waals surface area contributed by atoms with E-state index in [-0.39, 0.29) is 5.41 Å². The second-order valence-electron chi connectivity index (χ2n) is 10.9. The lowest BCUT2D eigenvalue weighted by Gasteiger charge is -2.22. The van der Waals surface area contributed by atoms with Crippen LogP contribution in [0, 0.1) is 0 Å². The summed E-state index contributed by atoms with van der Waals surface area (Å²) >= 11 is 1.89. The van der Waals surface area contributed by atoms with Crippen molar-refractivity contribution < 1.29 is 0 Å². The second-order valence-corrected chi connectivity index (χ2v) is 12.0. The average Bonchev–Trinajstić information content (AvgIpc) is 3.20. The van der Waals surface area contributed by atoms with Crippen molar-refractivity contribution in [3.63, 3.8) is 0 Å². The summed E-state index contributed by atoms with van der Waals surface area (Å²) < 4.78 is 0. The van der Waals surface area contributed by atoms with Gasteiger partial charge in [0.15, 0.2) is 0 Å². The van der Waals surface area contributed by atoms with E-state index in [1.54, 1.807) is 0 Å². The van der Waals surface area contributed by atoms with Gasteiger partial charge in [0.1, 0.15) is 0 Å². The standard InChI is InChI=1S/C37H26S/c1-37(2)31-17-6-5-14-29(31)36-27(16-9-18-32(36)37)26-13-4-3-12-25(26)24-20-21-33-30(22-24)28-15-7-10-23-11-8-19-34(38-33)35(23)28/h3-22H,1-2H3. The van der Waals surface area contributed by atoms with E-state index >= 15 is 0 Å². The fraction of sp³-hybridized carbons (Fsp3) is 0.0811. The minimum Gasteiger partial charge on any atom is -0.0888 e. The molecule has 8 rings (SSSR count). The summed E-state index contributed by atoms with van der Waals surface area (Å²) in [5.74, 6) is 0. The van der Waals surface area contributed by atoms with Crippen LogP contribution in [0.5, 0.6) is 0 Å². The zero-order valence-electron chi connectivity index (χ0n) is 21.5. The predicted molar refractivity (Wildman–Crippen MR) is 162 cm³/mol. The largest absolute Gasteiger partial charge is 0.0888 e. The minimum atomic E-state index is -0.00794. The first kappa shape index (κ1) is 22.0. The first-order valence-electron chi connectivity index (χ1n) is 13.3. The molecule has 1 heteroatoms. The molecule has 0 saturated carbocycles. The Morgan fingerprint density at radius 3 is 2.00 bits per heavy atom. The van der Waals surface area contributed by atoms with Gasteiger partial charge in [-0.15, -0.1) is 0 Å². The van der Waals surface area contributed by atoms with Gasteiger partial charge in [0.25, 0.3) is 0 Å². The molecule has 0 atom stereocenters. The highest BCUT2D eigenvalue weighted by molar-refractivity contribution is 7.99. The molecule has 38 heavy (non-hydrogen) atoms. The molecule has 0 saturated heterocycles. The van der Waals surface area contributed by atoms with Crippen LogP contribution in [0.2, 0.25) is 0 Å². The van der Waals surface area contributed by atoms with Crippen LogP contribution in [0.15, 0.2) is 131 Å². The smallest absolute Gasteiger partial charge is 0.0207 e. The molecular formula is C37H26S. The highest BCUT2D eigenvalue weighted by Gasteiger charge is 2.36. The van der Waals surface area contributed by atoms with Crippen molar-refractivity contribution in [2.75, 3.05) is 0 Å². The highest BCUT2D eigenvalue weighted by Crippen LogP contribution is 2.53. The van der Waals surface area contributed by atoms with Crippen molar-refractivity contribution in [3.8, 4) is 44.5 Å². The molecule has 6 aromatic rings. The molecule has 1 heterocycles. The van der Waals surface area contributed by atoms with Gasteiger partial charge in [-0.3, -0.25) is 0 Å². The third-order valence-electron chi connectivity index (χ3n) is 8.49. The monoisotopic (exact) mass is 502 g/mol. The summed E-state index contributed by atoms with van der Waals surface area (Å²) in [7, 11) is 0. The first-order chi connectivity index (χ1) is 18.6. The zero-order chi connectivity index (χ0) is 25.4. The van der Waals surface area contributed by atoms with Crippen LogP contribution in [0.1, 0.15) is 25.0 Å². The van der Waals surface area contributed by atoms with Crippen molar-refractivity contribution >= 4 is 22.5 Å². The van der Waals surface area contributed by atoms with E-state index in [1.807, 2.05) is 11.8 Å². The fourth-order valence-electron chi connectivity index (χ4n) is 6.68. The van der Waals surface area contributed by atoms with Gasteiger partial charge in [-0.25, -0.2) is 0 Å². The molecule has 0 amide bonds. The molecule has 180 valence electrons. The maximum atomic E-state index is 2.41. The van der Waals surface area contributed by atoms with E-state index in [2.05, 4.69) is 135 Å². The van der Waals surface area contributed by atoms with Gasteiger partial charge in [-0.05, 0) is 79.2 Å². The Balaban J connectivity index is 1.35. The van der Waals surface area contributed by atoms with Crippen molar-refractivity contribution in [2.24, 2.45) is 0 Å². The first-order valence-corrected chi connectivity index (χ1v) is 14.1. The van der Waals surface area contributed by atoms with Gasteiger partial charge in [0.2, 0.25) is 0 Å². The number of hydrogen-bond donors (Lipinski definition) is 0. The van der Waals surface area contributed by atoms with Crippen LogP contribution in [0.4, 0.5) is 0 Å². The number of hydrogen-bond acceptors (Lipinski definition) is 1. The zero-order valence-corrected chi connectivity index (χ0v) is 22.3. The van der Waals surface area contributed by atoms with Crippen molar-refractivity contribution in [2.45, 2.75) is 29.1 Å². The normalized spacial score (nSPS) is 14.2. The summed E-state index contributed by atoms with van der Waals surface area (Å²) in [4.78, 5) is 2.67. The van der Waals surface area contributed by atoms with Crippen molar-refractivity contribution in [3.05, 3.63) is 132 Å². The van der Waals surface area contributed by atoms with Gasteiger partial charge in [-0.1, -0.05) is 129 Å². The lowest BCUT2D eigenvalue weighted by Crippen LogP contribution is -2.14. The second kappa shape index (κ2) is 7.96. The molecular weight excluding hydrogens is 476 g/mol. The van der Waals surface area contributed by atoms with Gasteiger partial charge < -0.3 is 0 Å². The molecule has 2 aliphatic rings. The Morgan fingerprint density at radius 1 is 0.474 bits per heavy atom. The molecule has 0 unspecified atom stereocenters. The van der Waals surface area contributed by atoms with Gasteiger partial charge in [0.05, 0.1) is 0 Å². The van der Waals surface area contributed by atoms with Gasteiger partial charge >= 0.3 is 0 Å². The Kier molecular flexibility index (Phi) is 4.60. The Bertz CT molecular complexity index is 1920. The number of rotatable bonds is 2. The maximum Gasteiger partial charge on any atom is 0.0207 e. The van der Waals surface area contributed by atoms with Crippen LogP contribution >= 0.6 is 11.8 Å². The van der Waals surface area contributed by atoms with Crippen LogP contribution in [-0.2, 0) is 5.41 Å². The molecule has 0 fully saturated rings. The van der Waals surface area contributed by atoms with E-state index in [0.717, 1.165) is 0 Å². The third-order valence-corrected chi connectivity index (χ3v) is 9.63. The molecule has 0 nitrogen and oxygen atoms in total. The molecule has 0 N–H and O–H groups in total. The minimum absolute atomic E-state index is 0.00794. The topological polar surface area (TPSA) is 0 Å². The highest BCUT2D eigenvalue weighted by atomic mass is 32.2. The summed E-state index contributed by atoms with van der Waals surface area (Å²) in [6.45, 7) is 4.71. The molecule has 0 aromatic heterocycles. The van der Waals surface area contributed by atoms with Crippen molar-refractivity contribution in [1.82, 2.24) is 0 Å². The molecule has 0 radical (unpaired) electrons. The molecule has 1 aliphatic heterocycles. The lowest BCUT2D eigenvalue weighted by atomic mass is 9.81. The number of fused-ring (bicyclic) bond motifs is 5. The van der Waals surface area contributed by atoms with E-state index in [0.29, 0.717) is 0 Å². The summed E-state index contributed by atoms with van der Waals surface area (Å²) in [5.41, 5.74) is 13.4. The third kappa shape index (κ3) is 3.00. The summed E-state index contributed by atoms with van der Waals surface area (Å²) in [5, 5.41) is 2.68. The molecule has 0 bridgehead atoms. The maximum absolute atomic E-state index is 2.41. The van der Waals surface area contributed by atoms with E-state index in [9.17, 15) is 0 Å². The SMILES string of the molecule is CC1(C)c2ccccc2-c2c(-c3ccccc3-c3ccc4c(c3)-c3cccc5cccc(c35)S4)cccc21. The molecule has 1 aliphatic carbocycles. The summed E-state index contributed by atoms with van der Waals surface area (Å²) in [6.07, 6.45) is 0. The lowest BCUT2D eigenvalue weighted by molar-refractivity contribution is 0.660. The summed E-state index contributed by atoms with van der Waals surface area (Å²) in [6, 6.07) is 45.1. The van der Waals surface area contributed by atoms with Crippen LogP contribution < -0.4 is 0 Å². The van der Waals surface area contributed by atoms with Gasteiger partial charge in [0, 0.05) is 20.6 Å². The fourth-order valence-corrected chi connectivity index (χ4v) is 7.81. The van der Waals surface area contributed by atoms with Crippen LogP contribution in [-0.4, -0.2) is 0 Å². The Morgan fingerprint density at radius 2 is 1.13 bits per heavy atom. The van der Waals surface area contributed by atoms with E-state index in [4.69, 9.17) is 0 Å². The average molecular weight is 503 g/mol. The van der Waals surface area contributed by atoms with E-state index in [1.165, 1.54) is 76.2 Å². The van der Waals surface area contributed by atoms with E-state index < -0.39 is 0 Å². The Labute approximate surface area is 228 Å². The van der Waals surface area contributed by atoms with Crippen molar-refractivity contribution in [1.29, 1.82) is 0 Å². The van der Waals surface area contributed by atoms with Crippen LogP contribution in [0.25, 0.3) is 55.3 Å². The predicted octanol–water partition coefficient (Wildman–Crippen LogP) is 10.6. The quantitative estimate of drug-likeness (QED) is 0.226. The Hall–Kier alpha value is -4.07. The molecule has 0 spiro atoms. The van der Waals surface area contributed by atoms with Crippen LogP contribution in [0.3, 0.4) is 0 Å². The number of benzene rings is 6. The molecule has 6 aromatic carbocycles. The van der Waals surface area contributed by atoms with Gasteiger partial charge in [-0.2, -0.15) is 0 Å².